The largest absolute Gasteiger partial charge is 0.376 e. The fourth-order valence-corrected chi connectivity index (χ4v) is 4.22. The second-order valence-corrected chi connectivity index (χ2v) is 8.24. The summed E-state index contributed by atoms with van der Waals surface area (Å²) in [6.07, 6.45) is 6.71. The van der Waals surface area contributed by atoms with E-state index in [0.29, 0.717) is 29.8 Å². The van der Waals surface area contributed by atoms with E-state index in [9.17, 15) is 9.59 Å². The van der Waals surface area contributed by atoms with Crippen LogP contribution in [0.15, 0.2) is 53.7 Å². The Bertz CT molecular complexity index is 1470. The first-order chi connectivity index (χ1) is 16.0. The molecule has 2 N–H and O–H groups in total. The number of aromatic nitrogens is 4. The third-order valence-corrected chi connectivity index (χ3v) is 5.96. The monoisotopic (exact) mass is 444 g/mol. The number of hydrogen-bond donors (Lipinski definition) is 2. The van der Waals surface area contributed by atoms with Crippen LogP contribution >= 0.6 is 0 Å². The van der Waals surface area contributed by atoms with Crippen molar-refractivity contribution in [3.05, 3.63) is 81.5 Å². The van der Waals surface area contributed by atoms with Gasteiger partial charge in [0.15, 0.2) is 0 Å². The van der Waals surface area contributed by atoms with Gasteiger partial charge in [-0.3, -0.25) is 24.4 Å². The molecule has 4 aromatic rings. The van der Waals surface area contributed by atoms with Gasteiger partial charge in [-0.15, -0.1) is 0 Å². The molecule has 5 rings (SSSR count). The Hall–Kier alpha value is -3.85. The molecule has 0 aliphatic carbocycles. The normalized spacial score (nSPS) is 15.8. The Morgan fingerprint density at radius 2 is 2.18 bits per heavy atom. The van der Waals surface area contributed by atoms with Gasteiger partial charge < -0.3 is 14.6 Å². The molecule has 1 amide bonds. The lowest BCUT2D eigenvalue weighted by molar-refractivity contribution is 0.0931. The average molecular weight is 444 g/mol. The number of nitrogens with one attached hydrogen (secondary N) is 2. The van der Waals surface area contributed by atoms with Gasteiger partial charge in [-0.25, -0.2) is 4.98 Å². The maximum Gasteiger partial charge on any atom is 0.267 e. The second-order valence-electron chi connectivity index (χ2n) is 8.24. The SMILES string of the molecule is Cc1cccn2c(=O)c3cc(C(=O)NCc4cccnc4)c(=N)n(C[C@@H]4CCCO4)c3nc12. The van der Waals surface area contributed by atoms with E-state index in [4.69, 9.17) is 15.1 Å². The molecule has 0 radical (unpaired) electrons. The Morgan fingerprint density at radius 3 is 2.94 bits per heavy atom. The molecule has 1 aliphatic heterocycles. The highest BCUT2D eigenvalue weighted by Crippen LogP contribution is 2.17. The molecule has 168 valence electrons. The summed E-state index contributed by atoms with van der Waals surface area (Å²) in [7, 11) is 0. The summed E-state index contributed by atoms with van der Waals surface area (Å²) in [6, 6.07) is 8.81. The van der Waals surface area contributed by atoms with Crippen LogP contribution in [0.2, 0.25) is 0 Å². The summed E-state index contributed by atoms with van der Waals surface area (Å²) in [5, 5.41) is 11.9. The molecule has 0 bridgehead atoms. The molecule has 0 aromatic carbocycles. The van der Waals surface area contributed by atoms with Gasteiger partial charge in [-0.2, -0.15) is 0 Å². The lowest BCUT2D eigenvalue weighted by Gasteiger charge is -2.18. The maximum absolute atomic E-state index is 13.4. The van der Waals surface area contributed by atoms with Gasteiger partial charge in [0, 0.05) is 31.7 Å². The van der Waals surface area contributed by atoms with Crippen LogP contribution in [-0.4, -0.2) is 37.6 Å². The van der Waals surface area contributed by atoms with Crippen LogP contribution in [0.25, 0.3) is 16.7 Å². The van der Waals surface area contributed by atoms with Gasteiger partial charge in [0.25, 0.3) is 11.5 Å². The number of ether oxygens (including phenoxy) is 1. The highest BCUT2D eigenvalue weighted by Gasteiger charge is 2.22. The Labute approximate surface area is 189 Å². The summed E-state index contributed by atoms with van der Waals surface area (Å²) in [6.45, 7) is 3.18. The van der Waals surface area contributed by atoms with Gasteiger partial charge in [0.05, 0.1) is 23.6 Å². The fraction of sp³-hybridized carbons (Fsp3) is 0.292. The van der Waals surface area contributed by atoms with Crippen LogP contribution in [0, 0.1) is 12.3 Å². The summed E-state index contributed by atoms with van der Waals surface area (Å²) >= 11 is 0. The minimum absolute atomic E-state index is 0.00604. The molecule has 1 atom stereocenters. The van der Waals surface area contributed by atoms with Crippen molar-refractivity contribution in [3.8, 4) is 0 Å². The number of fused-ring (bicyclic) bond motifs is 2. The quantitative estimate of drug-likeness (QED) is 0.457. The number of carbonyl (C=O) groups excluding carboxylic acids is 1. The molecule has 1 saturated heterocycles. The van der Waals surface area contributed by atoms with Crippen molar-refractivity contribution in [1.82, 2.24) is 24.3 Å². The van der Waals surface area contributed by atoms with Gasteiger partial charge in [-0.05, 0) is 49.1 Å². The minimum Gasteiger partial charge on any atom is -0.376 e. The molecule has 9 nitrogen and oxygen atoms in total. The number of rotatable bonds is 5. The first-order valence-electron chi connectivity index (χ1n) is 10.9. The molecule has 1 fully saturated rings. The Kier molecular flexibility index (Phi) is 5.47. The van der Waals surface area contributed by atoms with Crippen LogP contribution in [0.4, 0.5) is 0 Å². The molecule has 4 aromatic heterocycles. The highest BCUT2D eigenvalue weighted by atomic mass is 16.5. The van der Waals surface area contributed by atoms with Gasteiger partial charge in [0.1, 0.15) is 16.8 Å². The van der Waals surface area contributed by atoms with Crippen molar-refractivity contribution >= 4 is 22.6 Å². The van der Waals surface area contributed by atoms with Crippen LogP contribution in [0.3, 0.4) is 0 Å². The molecular weight excluding hydrogens is 420 g/mol. The standard InChI is InChI=1S/C24H24N6O3/c1-15-5-3-9-29-21(15)28-22-19(24(29)32)11-18(20(25)30(22)14-17-7-4-10-33-17)23(31)27-13-16-6-2-8-26-12-16/h2-3,5-6,8-9,11-12,17,25H,4,7,10,13-14H2,1H3,(H,27,31)/t17-/m0/s1. The second kappa shape index (κ2) is 8.59. The van der Waals surface area contributed by atoms with E-state index >= 15 is 0 Å². The van der Waals surface area contributed by atoms with E-state index < -0.39 is 5.91 Å². The van der Waals surface area contributed by atoms with Crippen molar-refractivity contribution in [2.24, 2.45) is 0 Å². The van der Waals surface area contributed by atoms with Crippen LogP contribution in [-0.2, 0) is 17.8 Å². The number of aryl methyl sites for hydroxylation is 1. The lowest BCUT2D eigenvalue weighted by atomic mass is 10.1. The predicted molar refractivity (Wildman–Crippen MR) is 122 cm³/mol. The summed E-state index contributed by atoms with van der Waals surface area (Å²) < 4.78 is 8.90. The van der Waals surface area contributed by atoms with Gasteiger partial charge in [0.2, 0.25) is 0 Å². The average Bonchev–Trinajstić information content (AvgIpc) is 3.34. The van der Waals surface area contributed by atoms with Crippen LogP contribution in [0.5, 0.6) is 0 Å². The van der Waals surface area contributed by atoms with Crippen LogP contribution < -0.4 is 16.4 Å². The molecule has 33 heavy (non-hydrogen) atoms. The zero-order chi connectivity index (χ0) is 22.9. The van der Waals surface area contributed by atoms with Gasteiger partial charge in [-0.1, -0.05) is 12.1 Å². The molecule has 5 heterocycles. The molecular formula is C24H24N6O3. The van der Waals surface area contributed by atoms with Crippen molar-refractivity contribution < 1.29 is 9.53 Å². The minimum atomic E-state index is -0.430. The Balaban J connectivity index is 1.66. The topological polar surface area (TPSA) is 114 Å². The molecule has 9 heteroatoms. The first kappa shape index (κ1) is 21.0. The lowest BCUT2D eigenvalue weighted by Crippen LogP contribution is -2.36. The Morgan fingerprint density at radius 1 is 1.30 bits per heavy atom. The third-order valence-electron chi connectivity index (χ3n) is 5.96. The molecule has 0 unspecified atom stereocenters. The third kappa shape index (κ3) is 3.91. The van der Waals surface area contributed by atoms with E-state index in [1.54, 1.807) is 35.3 Å². The van der Waals surface area contributed by atoms with E-state index in [-0.39, 0.29) is 29.3 Å². The highest BCUT2D eigenvalue weighted by molar-refractivity contribution is 5.96. The molecule has 0 spiro atoms. The zero-order valence-corrected chi connectivity index (χ0v) is 18.2. The van der Waals surface area contributed by atoms with E-state index in [0.717, 1.165) is 24.0 Å². The number of hydrogen-bond acceptors (Lipinski definition) is 6. The summed E-state index contributed by atoms with van der Waals surface area (Å²) in [5.41, 5.74) is 2.46. The number of carbonyl (C=O) groups is 1. The summed E-state index contributed by atoms with van der Waals surface area (Å²) in [5.74, 6) is -0.430. The van der Waals surface area contributed by atoms with E-state index in [1.807, 2.05) is 19.1 Å². The van der Waals surface area contributed by atoms with Crippen molar-refractivity contribution in [2.75, 3.05) is 6.61 Å². The van der Waals surface area contributed by atoms with E-state index in [2.05, 4.69) is 10.3 Å². The maximum atomic E-state index is 13.4. The first-order valence-corrected chi connectivity index (χ1v) is 10.9. The smallest absolute Gasteiger partial charge is 0.267 e. The van der Waals surface area contributed by atoms with Crippen molar-refractivity contribution in [3.63, 3.8) is 0 Å². The predicted octanol–water partition coefficient (Wildman–Crippen LogP) is 1.94. The van der Waals surface area contributed by atoms with Crippen molar-refractivity contribution in [1.29, 1.82) is 5.41 Å². The number of pyridine rings is 3. The van der Waals surface area contributed by atoms with Crippen molar-refractivity contribution in [2.45, 2.75) is 39.0 Å². The molecule has 0 saturated carbocycles. The van der Waals surface area contributed by atoms with Gasteiger partial charge >= 0.3 is 0 Å². The zero-order valence-electron chi connectivity index (χ0n) is 18.2. The molecule has 1 aliphatic rings. The number of amides is 1. The number of nitrogens with zero attached hydrogens (tertiary/aromatic N) is 4. The summed E-state index contributed by atoms with van der Waals surface area (Å²) in [4.78, 5) is 35.2. The van der Waals surface area contributed by atoms with E-state index in [1.165, 1.54) is 10.5 Å². The fourth-order valence-electron chi connectivity index (χ4n) is 4.22. The van der Waals surface area contributed by atoms with Crippen LogP contribution in [0.1, 0.15) is 34.3 Å².